The zero-order chi connectivity index (χ0) is 41.8. The van der Waals surface area contributed by atoms with E-state index in [2.05, 4.69) is 11.1 Å². The van der Waals surface area contributed by atoms with E-state index in [-0.39, 0.29) is 23.8 Å². The van der Waals surface area contributed by atoms with Crippen molar-refractivity contribution in [3.8, 4) is 45.6 Å². The first-order chi connectivity index (χ1) is 29.3. The molecule has 5 aromatic carbocycles. The lowest BCUT2D eigenvalue weighted by Gasteiger charge is -2.35. The molecule has 2 saturated heterocycles. The molecule has 2 fully saturated rings. The molecule has 13 nitrogen and oxygen atoms in total. The summed E-state index contributed by atoms with van der Waals surface area (Å²) < 4.78 is 34.1. The summed E-state index contributed by atoms with van der Waals surface area (Å²) in [5.41, 5.74) is 4.16. The molecule has 0 aromatic heterocycles. The maximum atomic E-state index is 13.7. The average Bonchev–Trinajstić information content (AvgIpc) is 3.73. The Bertz CT molecular complexity index is 2460. The Labute approximate surface area is 349 Å². The minimum atomic E-state index is -0.147. The second-order valence-corrected chi connectivity index (χ2v) is 14.9. The van der Waals surface area contributed by atoms with Gasteiger partial charge in [0.1, 0.15) is 0 Å². The van der Waals surface area contributed by atoms with E-state index in [0.29, 0.717) is 103 Å². The second-order valence-electron chi connectivity index (χ2n) is 14.9. The lowest BCUT2D eigenvalue weighted by molar-refractivity contribution is 0.0535. The van der Waals surface area contributed by atoms with Crippen LogP contribution in [0.1, 0.15) is 50.3 Å². The van der Waals surface area contributed by atoms with Gasteiger partial charge in [0.2, 0.25) is 0 Å². The van der Waals surface area contributed by atoms with Gasteiger partial charge in [-0.05, 0) is 89.3 Å². The fourth-order valence-corrected chi connectivity index (χ4v) is 8.02. The Kier molecular flexibility index (Phi) is 11.8. The number of carbonyl (C=O) groups excluding carboxylic acids is 3. The van der Waals surface area contributed by atoms with Gasteiger partial charge in [-0.2, -0.15) is 0 Å². The molecule has 3 amide bonds. The third-order valence-corrected chi connectivity index (χ3v) is 11.3. The molecule has 1 atom stereocenters. The topological polar surface area (TPSA) is 129 Å². The van der Waals surface area contributed by atoms with E-state index in [1.807, 2.05) is 59.6 Å². The molecule has 0 N–H and O–H groups in total. The molecule has 0 spiro atoms. The van der Waals surface area contributed by atoms with Gasteiger partial charge in [-0.15, -0.1) is 0 Å². The number of nitrogens with zero attached hydrogens (tertiary/aromatic N) is 4. The number of amides is 3. The number of benzene rings is 5. The summed E-state index contributed by atoms with van der Waals surface area (Å²) in [5.74, 6) is 2.97. The minimum Gasteiger partial charge on any atom is -0.493 e. The summed E-state index contributed by atoms with van der Waals surface area (Å²) in [6.45, 7) is 2.95. The monoisotopic (exact) mass is 812 g/mol. The van der Waals surface area contributed by atoms with Crippen LogP contribution in [-0.2, 0) is 0 Å². The van der Waals surface area contributed by atoms with Gasteiger partial charge in [0, 0.05) is 62.6 Å². The van der Waals surface area contributed by atoms with E-state index in [1.165, 1.54) is 0 Å². The number of hydrogen-bond donors (Lipinski definition) is 0. The maximum Gasteiger partial charge on any atom is 0.256 e. The van der Waals surface area contributed by atoms with Crippen molar-refractivity contribution in [3.63, 3.8) is 0 Å². The Morgan fingerprint density at radius 1 is 0.600 bits per heavy atom. The Morgan fingerprint density at radius 3 is 1.85 bits per heavy atom. The van der Waals surface area contributed by atoms with Crippen LogP contribution in [0, 0.1) is 0 Å². The number of carbonyl (C=O) groups is 3. The van der Waals surface area contributed by atoms with Crippen LogP contribution in [0.5, 0.6) is 34.5 Å². The SMILES string of the molecule is COc1ccc(-c2ccc3cc(C(=O)N4CCN(C(=O)c5ccc(OC)c(OCCCOc6cc7c(cc6OC)C(=O)N6CCC[C@H]6C=N7)c5)CC4)ccc3c2)cc1OC. The van der Waals surface area contributed by atoms with Gasteiger partial charge in [-0.25, -0.2) is 0 Å². The van der Waals surface area contributed by atoms with Crippen LogP contribution < -0.4 is 28.4 Å². The van der Waals surface area contributed by atoms with Gasteiger partial charge >= 0.3 is 0 Å². The summed E-state index contributed by atoms with van der Waals surface area (Å²) in [7, 11) is 6.33. The van der Waals surface area contributed by atoms with Crippen LogP contribution in [0.15, 0.2) is 89.9 Å². The van der Waals surface area contributed by atoms with Crippen molar-refractivity contribution in [2.24, 2.45) is 4.99 Å². The summed E-state index contributed by atoms with van der Waals surface area (Å²) >= 11 is 0. The third kappa shape index (κ3) is 8.12. The van der Waals surface area contributed by atoms with E-state index in [9.17, 15) is 14.4 Å². The second kappa shape index (κ2) is 17.6. The van der Waals surface area contributed by atoms with Gasteiger partial charge in [0.05, 0.1) is 58.9 Å². The molecule has 0 unspecified atom stereocenters. The largest absolute Gasteiger partial charge is 0.493 e. The molecule has 310 valence electrons. The fraction of sp³-hybridized carbons (Fsp3) is 0.319. The van der Waals surface area contributed by atoms with Crippen molar-refractivity contribution < 1.29 is 42.8 Å². The van der Waals surface area contributed by atoms with Crippen LogP contribution in [-0.4, -0.2) is 119 Å². The lowest BCUT2D eigenvalue weighted by atomic mass is 9.99. The number of methoxy groups -OCH3 is 4. The van der Waals surface area contributed by atoms with Crippen LogP contribution >= 0.6 is 0 Å². The highest BCUT2D eigenvalue weighted by Crippen LogP contribution is 2.39. The Balaban J connectivity index is 0.846. The lowest BCUT2D eigenvalue weighted by Crippen LogP contribution is -2.50. The van der Waals surface area contributed by atoms with E-state index in [0.717, 1.165) is 41.3 Å². The van der Waals surface area contributed by atoms with Crippen molar-refractivity contribution in [2.75, 3.05) is 74.4 Å². The predicted octanol–water partition coefficient (Wildman–Crippen LogP) is 7.31. The van der Waals surface area contributed by atoms with Crippen molar-refractivity contribution in [3.05, 3.63) is 102 Å². The zero-order valence-corrected chi connectivity index (χ0v) is 34.3. The molecule has 0 radical (unpaired) electrons. The van der Waals surface area contributed by atoms with Gasteiger partial charge < -0.3 is 43.1 Å². The van der Waals surface area contributed by atoms with Crippen molar-refractivity contribution >= 4 is 40.4 Å². The van der Waals surface area contributed by atoms with Gasteiger partial charge in [-0.3, -0.25) is 19.4 Å². The minimum absolute atomic E-state index is 0.0146. The Morgan fingerprint density at radius 2 is 1.15 bits per heavy atom. The number of piperazine rings is 1. The maximum absolute atomic E-state index is 13.7. The van der Waals surface area contributed by atoms with E-state index in [1.54, 1.807) is 68.6 Å². The molecule has 8 rings (SSSR count). The molecule has 5 aromatic rings. The van der Waals surface area contributed by atoms with Crippen molar-refractivity contribution in [2.45, 2.75) is 25.3 Å². The third-order valence-electron chi connectivity index (χ3n) is 11.3. The summed E-state index contributed by atoms with van der Waals surface area (Å²) in [6.07, 6.45) is 4.24. The van der Waals surface area contributed by atoms with Gasteiger partial charge in [-0.1, -0.05) is 24.3 Å². The van der Waals surface area contributed by atoms with Crippen LogP contribution in [0.2, 0.25) is 0 Å². The number of ether oxygens (including phenoxy) is 6. The quantitative estimate of drug-likeness (QED) is 0.113. The molecular weight excluding hydrogens is 765 g/mol. The highest BCUT2D eigenvalue weighted by molar-refractivity contribution is 6.04. The summed E-state index contributed by atoms with van der Waals surface area (Å²) in [4.78, 5) is 50.5. The first kappa shape index (κ1) is 40.0. The molecule has 3 aliphatic heterocycles. The average molecular weight is 813 g/mol. The normalized spacial score (nSPS) is 15.9. The molecule has 0 bridgehead atoms. The van der Waals surface area contributed by atoms with Crippen LogP contribution in [0.3, 0.4) is 0 Å². The molecule has 3 aliphatic rings. The van der Waals surface area contributed by atoms with Gasteiger partial charge in [0.15, 0.2) is 34.5 Å². The molecule has 0 saturated carbocycles. The number of hydrogen-bond acceptors (Lipinski definition) is 10. The van der Waals surface area contributed by atoms with Gasteiger partial charge in [0.25, 0.3) is 17.7 Å². The number of rotatable bonds is 13. The Hall–Kier alpha value is -6.76. The van der Waals surface area contributed by atoms with Crippen LogP contribution in [0.25, 0.3) is 21.9 Å². The molecule has 13 heteroatoms. The van der Waals surface area contributed by atoms with Crippen LogP contribution in [0.4, 0.5) is 5.69 Å². The van der Waals surface area contributed by atoms with E-state index in [4.69, 9.17) is 28.4 Å². The molecule has 3 heterocycles. The fourth-order valence-electron chi connectivity index (χ4n) is 8.02. The number of fused-ring (bicyclic) bond motifs is 3. The standard InChI is InChI=1S/C47H48N4O9/c1-55-39-14-12-33(25-41(39)57-3)31-8-9-32-24-34(11-10-30(32)23-31)45(52)49-17-19-50(20-18-49)46(53)35-13-15-40(56-2)43(26-35)59-21-6-22-60-44-28-38-37(27-42(44)58-4)47(54)51-16-5-7-36(51)29-48-38/h8-15,23-29,36H,5-7,16-22H2,1-4H3/t36-/m0/s1. The molecule has 60 heavy (non-hydrogen) atoms. The molecular formula is C47H48N4O9. The zero-order valence-electron chi connectivity index (χ0n) is 34.3. The van der Waals surface area contributed by atoms with E-state index >= 15 is 0 Å². The first-order valence-electron chi connectivity index (χ1n) is 20.1. The predicted molar refractivity (Wildman–Crippen MR) is 228 cm³/mol. The molecule has 0 aliphatic carbocycles. The highest BCUT2D eigenvalue weighted by atomic mass is 16.5. The van der Waals surface area contributed by atoms with Crippen molar-refractivity contribution in [1.29, 1.82) is 0 Å². The first-order valence-corrected chi connectivity index (χ1v) is 20.1. The van der Waals surface area contributed by atoms with E-state index < -0.39 is 0 Å². The highest BCUT2D eigenvalue weighted by Gasteiger charge is 2.33. The number of aliphatic imine (C=N–C) groups is 1. The summed E-state index contributed by atoms with van der Waals surface area (Å²) in [5, 5.41) is 1.98. The smallest absolute Gasteiger partial charge is 0.256 e. The summed E-state index contributed by atoms with van der Waals surface area (Å²) in [6, 6.07) is 26.3. The van der Waals surface area contributed by atoms with Crippen molar-refractivity contribution in [1.82, 2.24) is 14.7 Å².